The van der Waals surface area contributed by atoms with E-state index in [2.05, 4.69) is 12.1 Å². The van der Waals surface area contributed by atoms with Crippen LogP contribution in [0.4, 0.5) is 4.39 Å². The Morgan fingerprint density at radius 1 is 1.50 bits per heavy atom. The van der Waals surface area contributed by atoms with Crippen LogP contribution in [0.5, 0.6) is 0 Å². The highest BCUT2D eigenvalue weighted by molar-refractivity contribution is 5.93. The quantitative estimate of drug-likeness (QED) is 0.451. The molecule has 0 saturated heterocycles. The summed E-state index contributed by atoms with van der Waals surface area (Å²) in [5.41, 5.74) is 2.53. The van der Waals surface area contributed by atoms with Gasteiger partial charge in [-0.3, -0.25) is 9.63 Å². The van der Waals surface area contributed by atoms with E-state index in [1.165, 1.54) is 30.3 Å². The van der Waals surface area contributed by atoms with Gasteiger partial charge in [0.1, 0.15) is 5.82 Å². The molecule has 0 saturated carbocycles. The third kappa shape index (κ3) is 2.99. The smallest absolute Gasteiger partial charge is 0.269 e. The highest BCUT2D eigenvalue weighted by Crippen LogP contribution is 2.02. The second-order valence-corrected chi connectivity index (χ2v) is 2.54. The molecule has 0 atom stereocenters. The summed E-state index contributed by atoms with van der Waals surface area (Å²) in [5.74, 6) is -0.791. The van der Waals surface area contributed by atoms with Crippen LogP contribution in [0.15, 0.2) is 36.9 Å². The maximum Gasteiger partial charge on any atom is 0.274 e. The maximum absolute atomic E-state index is 12.5. The number of carbonyl (C=O) groups excluding carboxylic acids is 1. The number of benzene rings is 1. The number of hydroxylamine groups is 1. The molecule has 1 N–H and O–H groups in total. The summed E-state index contributed by atoms with van der Waals surface area (Å²) in [6, 6.07) is 5.18. The number of nitrogens with one attached hydrogen (secondary N) is 1. The topological polar surface area (TPSA) is 38.3 Å². The van der Waals surface area contributed by atoms with Crippen molar-refractivity contribution in [1.29, 1.82) is 0 Å². The van der Waals surface area contributed by atoms with E-state index in [-0.39, 0.29) is 12.4 Å². The maximum atomic E-state index is 12.5. The molecule has 0 bridgehead atoms. The Morgan fingerprint density at radius 2 is 2.14 bits per heavy atom. The van der Waals surface area contributed by atoms with Crippen LogP contribution in [0.3, 0.4) is 0 Å². The van der Waals surface area contributed by atoms with E-state index in [9.17, 15) is 9.18 Å². The molecule has 0 unspecified atom stereocenters. The van der Waals surface area contributed by atoms with Crippen molar-refractivity contribution in [2.75, 3.05) is 6.61 Å². The van der Waals surface area contributed by atoms with Crippen LogP contribution in [0.2, 0.25) is 0 Å². The second-order valence-electron chi connectivity index (χ2n) is 2.54. The lowest BCUT2D eigenvalue weighted by molar-refractivity contribution is 0.0421. The van der Waals surface area contributed by atoms with Crippen LogP contribution >= 0.6 is 0 Å². The minimum Gasteiger partial charge on any atom is -0.269 e. The number of carbonyl (C=O) groups is 1. The predicted octanol–water partition coefficient (Wildman–Crippen LogP) is 1.67. The van der Waals surface area contributed by atoms with E-state index in [0.29, 0.717) is 5.56 Å². The summed E-state index contributed by atoms with van der Waals surface area (Å²) >= 11 is 0. The van der Waals surface area contributed by atoms with Crippen molar-refractivity contribution >= 4 is 5.91 Å². The standard InChI is InChI=1S/C10H10FNO2/c1-2-7-14-12-10(13)8-3-5-9(11)6-4-8/h2-6H,1,7H2,(H,12,13). The fraction of sp³-hybridized carbons (Fsp3) is 0.100. The van der Waals surface area contributed by atoms with Gasteiger partial charge in [0.15, 0.2) is 0 Å². The van der Waals surface area contributed by atoms with Gasteiger partial charge < -0.3 is 0 Å². The average molecular weight is 195 g/mol. The molecule has 1 amide bonds. The van der Waals surface area contributed by atoms with Crippen molar-refractivity contribution in [2.45, 2.75) is 0 Å². The van der Waals surface area contributed by atoms with E-state index in [1.807, 2.05) is 0 Å². The highest BCUT2D eigenvalue weighted by Gasteiger charge is 2.03. The molecule has 1 rings (SSSR count). The van der Waals surface area contributed by atoms with Crippen molar-refractivity contribution < 1.29 is 14.0 Å². The molecule has 0 fully saturated rings. The number of halogens is 1. The van der Waals surface area contributed by atoms with Crippen LogP contribution in [-0.4, -0.2) is 12.5 Å². The first-order chi connectivity index (χ1) is 6.74. The summed E-state index contributed by atoms with van der Waals surface area (Å²) < 4.78 is 12.5. The Labute approximate surface area is 81.1 Å². The predicted molar refractivity (Wildman–Crippen MR) is 50.0 cm³/mol. The molecule has 1 aromatic carbocycles. The summed E-state index contributed by atoms with van der Waals surface area (Å²) in [4.78, 5) is 16.0. The first-order valence-corrected chi connectivity index (χ1v) is 4.02. The third-order valence-electron chi connectivity index (χ3n) is 1.47. The molecule has 74 valence electrons. The first kappa shape index (κ1) is 10.4. The molecular weight excluding hydrogens is 185 g/mol. The molecule has 0 aliphatic heterocycles. The zero-order valence-corrected chi connectivity index (χ0v) is 7.50. The van der Waals surface area contributed by atoms with Crippen LogP contribution in [0.1, 0.15) is 10.4 Å². The number of rotatable bonds is 4. The van der Waals surface area contributed by atoms with Crippen LogP contribution in [-0.2, 0) is 4.84 Å². The van der Waals surface area contributed by atoms with Gasteiger partial charge in [-0.25, -0.2) is 9.87 Å². The van der Waals surface area contributed by atoms with Crippen molar-refractivity contribution in [3.05, 3.63) is 48.3 Å². The van der Waals surface area contributed by atoms with Gasteiger partial charge in [-0.2, -0.15) is 0 Å². The Hall–Kier alpha value is -1.68. The molecule has 0 heterocycles. The van der Waals surface area contributed by atoms with Crippen molar-refractivity contribution in [3.8, 4) is 0 Å². The summed E-state index contributed by atoms with van der Waals surface area (Å²) in [6.07, 6.45) is 1.50. The lowest BCUT2D eigenvalue weighted by Crippen LogP contribution is -2.23. The largest absolute Gasteiger partial charge is 0.274 e. The molecule has 0 radical (unpaired) electrons. The minimum absolute atomic E-state index is 0.229. The van der Waals surface area contributed by atoms with E-state index >= 15 is 0 Å². The van der Waals surface area contributed by atoms with Gasteiger partial charge in [-0.05, 0) is 24.3 Å². The van der Waals surface area contributed by atoms with Crippen LogP contribution in [0, 0.1) is 5.82 Å². The lowest BCUT2D eigenvalue weighted by atomic mass is 10.2. The molecule has 0 aliphatic rings. The van der Waals surface area contributed by atoms with Gasteiger partial charge in [-0.1, -0.05) is 6.08 Å². The van der Waals surface area contributed by atoms with E-state index < -0.39 is 5.91 Å². The molecular formula is C10H10FNO2. The summed E-state index contributed by atoms with van der Waals surface area (Å²) in [7, 11) is 0. The molecule has 0 aliphatic carbocycles. The molecule has 14 heavy (non-hydrogen) atoms. The molecule has 3 nitrogen and oxygen atoms in total. The van der Waals surface area contributed by atoms with Gasteiger partial charge in [0.25, 0.3) is 5.91 Å². The van der Waals surface area contributed by atoms with E-state index in [1.54, 1.807) is 0 Å². The van der Waals surface area contributed by atoms with E-state index in [0.717, 1.165) is 0 Å². The number of hydrogen-bond acceptors (Lipinski definition) is 2. The molecule has 0 spiro atoms. The fourth-order valence-corrected chi connectivity index (χ4v) is 0.826. The SMILES string of the molecule is C=CCONC(=O)c1ccc(F)cc1. The monoisotopic (exact) mass is 195 g/mol. The highest BCUT2D eigenvalue weighted by atomic mass is 19.1. The van der Waals surface area contributed by atoms with Crippen LogP contribution in [0.25, 0.3) is 0 Å². The van der Waals surface area contributed by atoms with Crippen molar-refractivity contribution in [2.24, 2.45) is 0 Å². The zero-order chi connectivity index (χ0) is 10.4. The Kier molecular flexibility index (Phi) is 3.82. The summed E-state index contributed by atoms with van der Waals surface area (Å²) in [6.45, 7) is 3.65. The van der Waals surface area contributed by atoms with E-state index in [4.69, 9.17) is 4.84 Å². The number of amides is 1. The zero-order valence-electron chi connectivity index (χ0n) is 7.50. The van der Waals surface area contributed by atoms with Crippen LogP contribution < -0.4 is 5.48 Å². The molecule has 1 aromatic rings. The van der Waals surface area contributed by atoms with Gasteiger partial charge in [0.05, 0.1) is 6.61 Å². The second kappa shape index (κ2) is 5.14. The van der Waals surface area contributed by atoms with Crippen molar-refractivity contribution in [3.63, 3.8) is 0 Å². The Balaban J connectivity index is 2.52. The van der Waals surface area contributed by atoms with Gasteiger partial charge in [0.2, 0.25) is 0 Å². The Morgan fingerprint density at radius 3 is 2.71 bits per heavy atom. The average Bonchev–Trinajstić information content (AvgIpc) is 2.19. The third-order valence-corrected chi connectivity index (χ3v) is 1.47. The first-order valence-electron chi connectivity index (χ1n) is 4.02. The normalized spacial score (nSPS) is 9.50. The van der Waals surface area contributed by atoms with Gasteiger partial charge >= 0.3 is 0 Å². The van der Waals surface area contributed by atoms with Crippen molar-refractivity contribution in [1.82, 2.24) is 5.48 Å². The summed E-state index contributed by atoms with van der Waals surface area (Å²) in [5, 5.41) is 0. The lowest BCUT2D eigenvalue weighted by Gasteiger charge is -2.02. The van der Waals surface area contributed by atoms with Gasteiger partial charge in [-0.15, -0.1) is 6.58 Å². The Bertz CT molecular complexity index is 321. The molecule has 0 aromatic heterocycles. The van der Waals surface area contributed by atoms with Gasteiger partial charge in [0, 0.05) is 5.56 Å². The molecule has 4 heteroatoms. The minimum atomic E-state index is -0.410. The fourth-order valence-electron chi connectivity index (χ4n) is 0.826. The number of hydrogen-bond donors (Lipinski definition) is 1.